The first-order valence-corrected chi connectivity index (χ1v) is 15.9. The van der Waals surface area contributed by atoms with E-state index in [0.29, 0.717) is 5.92 Å². The number of hydrogen-bond acceptors (Lipinski definition) is 2. The van der Waals surface area contributed by atoms with Gasteiger partial charge >= 0.3 is 0 Å². The number of allylic oxidation sites excluding steroid dienone is 4. The van der Waals surface area contributed by atoms with Crippen molar-refractivity contribution < 1.29 is 0 Å². The maximum Gasteiger partial charge on any atom is 0.0540 e. The number of rotatable bonds is 6. The highest BCUT2D eigenvalue weighted by Gasteiger charge is 2.24. The Balaban J connectivity index is 1.41. The van der Waals surface area contributed by atoms with Crippen LogP contribution >= 0.6 is 0 Å². The first kappa shape index (κ1) is 27.2. The van der Waals surface area contributed by atoms with E-state index in [1.807, 2.05) is 0 Å². The second-order valence-corrected chi connectivity index (χ2v) is 12.4. The zero-order chi connectivity index (χ0) is 30.5. The van der Waals surface area contributed by atoms with E-state index in [1.165, 1.54) is 66.2 Å². The molecule has 0 saturated carbocycles. The second kappa shape index (κ2) is 11.0. The topological polar surface area (TPSA) is 6.48 Å². The molecule has 0 aromatic heterocycles. The van der Waals surface area contributed by atoms with Crippen LogP contribution in [0.4, 0.5) is 28.4 Å². The average Bonchev–Trinajstić information content (AvgIpc) is 3.06. The molecule has 2 heteroatoms. The maximum absolute atomic E-state index is 2.50. The molecule has 45 heavy (non-hydrogen) atoms. The fourth-order valence-corrected chi connectivity index (χ4v) is 7.16. The number of hydrogen-bond donors (Lipinski definition) is 0. The molecule has 0 radical (unpaired) electrons. The van der Waals surface area contributed by atoms with E-state index in [1.54, 1.807) is 0 Å². The fraction of sp³-hybridized carbons (Fsp3) is 0.116. The highest BCUT2D eigenvalue weighted by atomic mass is 15.2. The summed E-state index contributed by atoms with van der Waals surface area (Å²) in [5.74, 6) is 0.412. The van der Waals surface area contributed by atoms with Gasteiger partial charge in [-0.15, -0.1) is 0 Å². The van der Waals surface area contributed by atoms with Crippen LogP contribution in [0, 0.1) is 19.8 Å². The zero-order valence-electron chi connectivity index (χ0n) is 26.0. The summed E-state index contributed by atoms with van der Waals surface area (Å²) in [7, 11) is 0. The van der Waals surface area contributed by atoms with E-state index in [9.17, 15) is 0 Å². The number of para-hydroxylation sites is 1. The molecule has 0 spiro atoms. The maximum atomic E-state index is 2.50. The molecule has 1 aliphatic carbocycles. The van der Waals surface area contributed by atoms with E-state index in [4.69, 9.17) is 0 Å². The van der Waals surface area contributed by atoms with Crippen molar-refractivity contribution in [1.29, 1.82) is 0 Å². The normalized spacial score (nSPS) is 14.7. The number of nitrogens with zero attached hydrogens (tertiary/aromatic N) is 2. The first-order valence-electron chi connectivity index (χ1n) is 15.9. The third kappa shape index (κ3) is 4.65. The fourth-order valence-electron chi connectivity index (χ4n) is 7.16. The molecule has 0 N–H and O–H groups in total. The van der Waals surface area contributed by atoms with Gasteiger partial charge in [0, 0.05) is 39.4 Å². The van der Waals surface area contributed by atoms with Crippen LogP contribution < -0.4 is 9.80 Å². The highest BCUT2D eigenvalue weighted by Crippen LogP contribution is 2.47. The van der Waals surface area contributed by atoms with Crippen LogP contribution in [-0.4, -0.2) is 0 Å². The van der Waals surface area contributed by atoms with Gasteiger partial charge in [0.15, 0.2) is 0 Å². The van der Waals surface area contributed by atoms with E-state index < -0.39 is 0 Å². The molecule has 0 heterocycles. The van der Waals surface area contributed by atoms with Crippen LogP contribution in [0.25, 0.3) is 32.3 Å². The van der Waals surface area contributed by atoms with Gasteiger partial charge in [0.25, 0.3) is 0 Å². The largest absolute Gasteiger partial charge is 0.313 e. The summed E-state index contributed by atoms with van der Waals surface area (Å²) >= 11 is 0. The molecule has 8 rings (SSSR count). The third-order valence-corrected chi connectivity index (χ3v) is 9.29. The van der Waals surface area contributed by atoms with Crippen LogP contribution in [0.2, 0.25) is 0 Å². The molecular formula is C43H36N2. The van der Waals surface area contributed by atoms with Crippen LogP contribution in [0.1, 0.15) is 24.5 Å². The molecule has 1 atom stereocenters. The molecule has 0 saturated heterocycles. The van der Waals surface area contributed by atoms with Gasteiger partial charge in [-0.1, -0.05) is 97.9 Å². The predicted octanol–water partition coefficient (Wildman–Crippen LogP) is 12.3. The SMILES string of the molecule is Cc1cccc(N(C2=CC=CCC2C)c2ccc3ccc4c(N(c5ccccc5)c5cccc(C)c5)ccc5ccc2c3c54)c1. The molecule has 2 nitrogen and oxygen atoms in total. The summed E-state index contributed by atoms with van der Waals surface area (Å²) in [5, 5.41) is 7.68. The van der Waals surface area contributed by atoms with Crippen molar-refractivity contribution in [3.63, 3.8) is 0 Å². The monoisotopic (exact) mass is 580 g/mol. The molecule has 0 aliphatic heterocycles. The first-order chi connectivity index (χ1) is 22.1. The quantitative estimate of drug-likeness (QED) is 0.181. The lowest BCUT2D eigenvalue weighted by atomic mass is 9.91. The summed E-state index contributed by atoms with van der Waals surface area (Å²) < 4.78 is 0. The molecule has 7 aromatic rings. The predicted molar refractivity (Wildman–Crippen MR) is 194 cm³/mol. The molecule has 218 valence electrons. The van der Waals surface area contributed by atoms with Gasteiger partial charge in [-0.3, -0.25) is 0 Å². The standard InChI is InChI=1S/C43H36N2/c1-29-11-9-16-35(27-29)44(34-14-5-4-6-15-34)40-25-21-32-20-24-38-41(26-22-33-19-23-37(40)42(32)43(33)38)45(36-17-10-12-30(2)28-36)39-18-8-7-13-31(39)3/h4-12,14-28,31H,13H2,1-3H3. The zero-order valence-corrected chi connectivity index (χ0v) is 26.0. The van der Waals surface area contributed by atoms with Crippen molar-refractivity contribution in [3.05, 3.63) is 162 Å². The van der Waals surface area contributed by atoms with Crippen molar-refractivity contribution in [2.45, 2.75) is 27.2 Å². The van der Waals surface area contributed by atoms with Crippen molar-refractivity contribution in [3.8, 4) is 0 Å². The van der Waals surface area contributed by atoms with Gasteiger partial charge < -0.3 is 9.80 Å². The molecule has 0 amide bonds. The lowest BCUT2D eigenvalue weighted by Crippen LogP contribution is -2.22. The smallest absolute Gasteiger partial charge is 0.0540 e. The summed E-state index contributed by atoms with van der Waals surface area (Å²) in [6.07, 6.45) is 7.83. The van der Waals surface area contributed by atoms with Crippen molar-refractivity contribution >= 4 is 60.8 Å². The minimum atomic E-state index is 0.412. The Morgan fingerprint density at radius 1 is 0.533 bits per heavy atom. The second-order valence-electron chi connectivity index (χ2n) is 12.4. The van der Waals surface area contributed by atoms with Crippen molar-refractivity contribution in [2.75, 3.05) is 9.80 Å². The van der Waals surface area contributed by atoms with Gasteiger partial charge in [-0.05, 0) is 108 Å². The Morgan fingerprint density at radius 3 is 1.64 bits per heavy atom. The molecular weight excluding hydrogens is 544 g/mol. The van der Waals surface area contributed by atoms with Crippen LogP contribution in [0.3, 0.4) is 0 Å². The summed E-state index contributed by atoms with van der Waals surface area (Å²) in [6.45, 7) is 6.68. The van der Waals surface area contributed by atoms with E-state index in [-0.39, 0.29) is 0 Å². The lowest BCUT2D eigenvalue weighted by molar-refractivity contribution is 0.670. The number of benzene rings is 7. The molecule has 0 fully saturated rings. The summed E-state index contributed by atoms with van der Waals surface area (Å²) in [6, 6.07) is 46.9. The Kier molecular flexibility index (Phi) is 6.64. The van der Waals surface area contributed by atoms with E-state index >= 15 is 0 Å². The Bertz CT molecular complexity index is 2240. The van der Waals surface area contributed by atoms with E-state index in [2.05, 4.69) is 176 Å². The highest BCUT2D eigenvalue weighted by molar-refractivity contribution is 6.28. The third-order valence-electron chi connectivity index (χ3n) is 9.29. The number of aryl methyl sites for hydroxylation is 2. The Labute approximate surface area is 265 Å². The number of anilines is 5. The minimum Gasteiger partial charge on any atom is -0.313 e. The van der Waals surface area contributed by atoms with Gasteiger partial charge in [0.05, 0.1) is 11.4 Å². The van der Waals surface area contributed by atoms with Crippen LogP contribution in [0.5, 0.6) is 0 Å². The van der Waals surface area contributed by atoms with Gasteiger partial charge in [0.1, 0.15) is 0 Å². The van der Waals surface area contributed by atoms with Crippen LogP contribution in [-0.2, 0) is 0 Å². The minimum absolute atomic E-state index is 0.412. The van der Waals surface area contributed by atoms with Crippen LogP contribution in [0.15, 0.2) is 151 Å². The van der Waals surface area contributed by atoms with Crippen molar-refractivity contribution in [1.82, 2.24) is 0 Å². The molecule has 7 aromatic carbocycles. The summed E-state index contributed by atoms with van der Waals surface area (Å²) in [5.41, 5.74) is 9.75. The van der Waals surface area contributed by atoms with E-state index in [0.717, 1.165) is 17.8 Å². The Morgan fingerprint density at radius 2 is 1.07 bits per heavy atom. The summed E-state index contributed by atoms with van der Waals surface area (Å²) in [4.78, 5) is 4.90. The molecule has 1 aliphatic rings. The molecule has 1 unspecified atom stereocenters. The lowest BCUT2D eigenvalue weighted by Gasteiger charge is -2.34. The Hall–Kier alpha value is -5.34. The molecule has 0 bridgehead atoms. The van der Waals surface area contributed by atoms with Crippen molar-refractivity contribution in [2.24, 2.45) is 5.92 Å². The average molecular weight is 581 g/mol. The van der Waals surface area contributed by atoms with Gasteiger partial charge in [-0.25, -0.2) is 0 Å². The van der Waals surface area contributed by atoms with Gasteiger partial charge in [-0.2, -0.15) is 0 Å². The van der Waals surface area contributed by atoms with Gasteiger partial charge in [0.2, 0.25) is 0 Å².